The van der Waals surface area contributed by atoms with Gasteiger partial charge in [0.15, 0.2) is 0 Å². The minimum absolute atomic E-state index is 0.569. The number of carboxylic acid groups (broad SMARTS) is 2. The van der Waals surface area contributed by atoms with Gasteiger partial charge in [-0.1, -0.05) is 19.9 Å². The van der Waals surface area contributed by atoms with Crippen LogP contribution in [-0.2, 0) is 14.3 Å². The first-order valence-electron chi connectivity index (χ1n) is 9.35. The normalized spacial score (nSPS) is 19.2. The van der Waals surface area contributed by atoms with Crippen molar-refractivity contribution in [3.05, 3.63) is 24.3 Å². The van der Waals surface area contributed by atoms with E-state index in [2.05, 4.69) is 18.7 Å². The number of benzene rings is 1. The molecule has 2 unspecified atom stereocenters. The number of likely N-dealkylation sites (tertiary alicyclic amines) is 1. The molecule has 1 aromatic carbocycles. The molecule has 28 heavy (non-hydrogen) atoms. The molecule has 158 valence electrons. The van der Waals surface area contributed by atoms with E-state index in [1.807, 2.05) is 24.3 Å². The van der Waals surface area contributed by atoms with E-state index in [1.54, 1.807) is 7.11 Å². The number of ether oxygens (including phenoxy) is 3. The van der Waals surface area contributed by atoms with Crippen molar-refractivity contribution in [3.63, 3.8) is 0 Å². The number of carbonyl (C=O) groups is 2. The van der Waals surface area contributed by atoms with Crippen LogP contribution in [0.3, 0.4) is 0 Å². The average Bonchev–Trinajstić information content (AvgIpc) is 2.64. The Hall–Kier alpha value is -2.32. The monoisotopic (exact) mass is 397 g/mol. The zero-order valence-corrected chi connectivity index (χ0v) is 16.8. The van der Waals surface area contributed by atoms with E-state index in [1.165, 1.54) is 19.5 Å². The molecule has 0 spiro atoms. The second kappa shape index (κ2) is 13.0. The number of hydrogen-bond donors (Lipinski definition) is 2. The minimum Gasteiger partial charge on any atom is -0.497 e. The van der Waals surface area contributed by atoms with Gasteiger partial charge in [-0.15, -0.1) is 0 Å². The van der Waals surface area contributed by atoms with Crippen molar-refractivity contribution in [2.75, 3.05) is 46.6 Å². The molecule has 2 atom stereocenters. The van der Waals surface area contributed by atoms with Crippen LogP contribution in [0.2, 0.25) is 0 Å². The predicted octanol–water partition coefficient (Wildman–Crippen LogP) is 2.22. The van der Waals surface area contributed by atoms with E-state index in [0.29, 0.717) is 13.2 Å². The van der Waals surface area contributed by atoms with Crippen molar-refractivity contribution < 1.29 is 34.0 Å². The lowest BCUT2D eigenvalue weighted by Crippen LogP contribution is -2.40. The van der Waals surface area contributed by atoms with Crippen molar-refractivity contribution in [2.45, 2.75) is 20.3 Å². The van der Waals surface area contributed by atoms with Gasteiger partial charge < -0.3 is 29.3 Å². The quantitative estimate of drug-likeness (QED) is 0.508. The van der Waals surface area contributed by atoms with Crippen molar-refractivity contribution >= 4 is 11.9 Å². The topological polar surface area (TPSA) is 106 Å². The SMILES string of the molecule is COc1cccc(OCCOCCN2CC(C)CC(C)C2)c1.O=C(O)C(=O)O. The molecule has 0 radical (unpaired) electrons. The molecule has 0 aromatic heterocycles. The van der Waals surface area contributed by atoms with E-state index >= 15 is 0 Å². The molecule has 0 amide bonds. The van der Waals surface area contributed by atoms with E-state index < -0.39 is 11.9 Å². The van der Waals surface area contributed by atoms with Crippen LogP contribution in [0.5, 0.6) is 11.5 Å². The standard InChI is InChI=1S/C18H29NO3.C2H2O4/c1-15-11-16(2)14-19(13-15)7-8-21-9-10-22-18-6-4-5-17(12-18)20-3;3-1(4)2(5)6/h4-6,12,15-16H,7-11,13-14H2,1-3H3;(H,3,4)(H,5,6). The Morgan fingerprint density at radius 1 is 1.04 bits per heavy atom. The van der Waals surface area contributed by atoms with Gasteiger partial charge >= 0.3 is 11.9 Å². The van der Waals surface area contributed by atoms with Crippen LogP contribution >= 0.6 is 0 Å². The number of methoxy groups -OCH3 is 1. The largest absolute Gasteiger partial charge is 0.497 e. The average molecular weight is 397 g/mol. The van der Waals surface area contributed by atoms with Crippen molar-refractivity contribution in [3.8, 4) is 11.5 Å². The third kappa shape index (κ3) is 10.1. The maximum Gasteiger partial charge on any atom is 0.414 e. The molecule has 2 rings (SSSR count). The maximum absolute atomic E-state index is 9.10. The zero-order chi connectivity index (χ0) is 20.9. The lowest BCUT2D eigenvalue weighted by Gasteiger charge is -2.34. The lowest BCUT2D eigenvalue weighted by molar-refractivity contribution is -0.159. The van der Waals surface area contributed by atoms with E-state index in [9.17, 15) is 0 Å². The molecule has 8 heteroatoms. The first-order valence-corrected chi connectivity index (χ1v) is 9.35. The summed E-state index contributed by atoms with van der Waals surface area (Å²) in [6, 6.07) is 7.65. The molecular formula is C20H31NO7. The van der Waals surface area contributed by atoms with Gasteiger partial charge in [0.1, 0.15) is 18.1 Å². The summed E-state index contributed by atoms with van der Waals surface area (Å²) in [6.45, 7) is 10.1. The molecule has 0 bridgehead atoms. The fourth-order valence-corrected chi connectivity index (χ4v) is 3.18. The third-order valence-corrected chi connectivity index (χ3v) is 4.22. The maximum atomic E-state index is 9.10. The highest BCUT2D eigenvalue weighted by Gasteiger charge is 2.21. The first-order chi connectivity index (χ1) is 13.3. The van der Waals surface area contributed by atoms with Crippen molar-refractivity contribution in [1.82, 2.24) is 4.90 Å². The van der Waals surface area contributed by atoms with Crippen LogP contribution in [0, 0.1) is 11.8 Å². The van der Waals surface area contributed by atoms with Crippen LogP contribution in [0.15, 0.2) is 24.3 Å². The highest BCUT2D eigenvalue weighted by atomic mass is 16.5. The summed E-state index contributed by atoms with van der Waals surface area (Å²) in [4.78, 5) is 20.7. The van der Waals surface area contributed by atoms with Crippen molar-refractivity contribution in [1.29, 1.82) is 0 Å². The van der Waals surface area contributed by atoms with Crippen LogP contribution in [0.25, 0.3) is 0 Å². The fraction of sp³-hybridized carbons (Fsp3) is 0.600. The highest BCUT2D eigenvalue weighted by Crippen LogP contribution is 2.20. The lowest BCUT2D eigenvalue weighted by atomic mass is 9.92. The molecule has 1 aliphatic heterocycles. The summed E-state index contributed by atoms with van der Waals surface area (Å²) in [5.41, 5.74) is 0. The number of rotatable bonds is 8. The summed E-state index contributed by atoms with van der Waals surface area (Å²) < 4.78 is 16.5. The predicted molar refractivity (Wildman–Crippen MR) is 104 cm³/mol. The first kappa shape index (κ1) is 23.7. The second-order valence-corrected chi connectivity index (χ2v) is 6.96. The van der Waals surface area contributed by atoms with E-state index in [-0.39, 0.29) is 0 Å². The number of hydrogen-bond acceptors (Lipinski definition) is 6. The van der Waals surface area contributed by atoms with Gasteiger partial charge in [-0.05, 0) is 30.4 Å². The molecule has 1 saturated heterocycles. The Morgan fingerprint density at radius 3 is 2.21 bits per heavy atom. The summed E-state index contributed by atoms with van der Waals surface area (Å²) in [6.07, 6.45) is 1.35. The number of piperidine rings is 1. The zero-order valence-electron chi connectivity index (χ0n) is 16.8. The van der Waals surface area contributed by atoms with Gasteiger partial charge in [-0.2, -0.15) is 0 Å². The molecule has 1 aromatic rings. The van der Waals surface area contributed by atoms with Crippen molar-refractivity contribution in [2.24, 2.45) is 11.8 Å². The molecule has 0 aliphatic carbocycles. The Labute approximate surface area is 166 Å². The summed E-state index contributed by atoms with van der Waals surface area (Å²) in [7, 11) is 1.66. The number of carboxylic acids is 2. The Balaban J connectivity index is 0.000000568. The van der Waals surface area contributed by atoms with E-state index in [0.717, 1.165) is 36.5 Å². The smallest absolute Gasteiger partial charge is 0.414 e. The molecule has 1 aliphatic rings. The van der Waals surface area contributed by atoms with E-state index in [4.69, 9.17) is 34.0 Å². The Morgan fingerprint density at radius 2 is 1.64 bits per heavy atom. The summed E-state index contributed by atoms with van der Waals surface area (Å²) >= 11 is 0. The molecule has 8 nitrogen and oxygen atoms in total. The Bertz CT molecular complexity index is 586. The molecule has 0 saturated carbocycles. The molecule has 1 fully saturated rings. The summed E-state index contributed by atoms with van der Waals surface area (Å²) in [5, 5.41) is 14.8. The van der Waals surface area contributed by atoms with Gasteiger partial charge in [0.25, 0.3) is 0 Å². The van der Waals surface area contributed by atoms with Crippen LogP contribution in [0.4, 0.5) is 0 Å². The van der Waals surface area contributed by atoms with Crippen LogP contribution in [0.1, 0.15) is 20.3 Å². The summed E-state index contributed by atoms with van der Waals surface area (Å²) in [5.74, 6) is -0.404. The number of nitrogens with zero attached hydrogens (tertiary/aromatic N) is 1. The highest BCUT2D eigenvalue weighted by molar-refractivity contribution is 6.27. The van der Waals surface area contributed by atoms with Gasteiger partial charge in [0.2, 0.25) is 0 Å². The van der Waals surface area contributed by atoms with Gasteiger partial charge in [0.05, 0.1) is 20.3 Å². The van der Waals surface area contributed by atoms with Gasteiger partial charge in [-0.25, -0.2) is 9.59 Å². The van der Waals surface area contributed by atoms with Crippen LogP contribution < -0.4 is 9.47 Å². The fourth-order valence-electron chi connectivity index (χ4n) is 3.18. The molecule has 2 N–H and O–H groups in total. The third-order valence-electron chi connectivity index (χ3n) is 4.22. The molecule has 1 heterocycles. The van der Waals surface area contributed by atoms with Gasteiger partial charge in [0, 0.05) is 25.7 Å². The number of aliphatic carboxylic acids is 2. The second-order valence-electron chi connectivity index (χ2n) is 6.96. The van der Waals surface area contributed by atoms with Crippen LogP contribution in [-0.4, -0.2) is 73.6 Å². The minimum atomic E-state index is -1.82. The Kier molecular flexibility index (Phi) is 11.0. The van der Waals surface area contributed by atoms with Gasteiger partial charge in [-0.3, -0.25) is 0 Å². The molecular weight excluding hydrogens is 366 g/mol.